The molecule has 0 unspecified atom stereocenters. The van der Waals surface area contributed by atoms with Gasteiger partial charge in [0, 0.05) is 41.5 Å². The first-order valence-electron chi connectivity index (χ1n) is 13.0. The fourth-order valence-electron chi connectivity index (χ4n) is 6.04. The molecular formula is C27H37N7O2. The lowest BCUT2D eigenvalue weighted by Gasteiger charge is -2.54. The fourth-order valence-corrected chi connectivity index (χ4v) is 6.04. The average Bonchev–Trinajstić information content (AvgIpc) is 3.35. The van der Waals surface area contributed by atoms with Crippen LogP contribution in [0.3, 0.4) is 0 Å². The van der Waals surface area contributed by atoms with Crippen molar-refractivity contribution < 1.29 is 9.53 Å². The number of piperidine rings is 1. The van der Waals surface area contributed by atoms with Gasteiger partial charge in [0.15, 0.2) is 5.82 Å². The Labute approximate surface area is 212 Å². The van der Waals surface area contributed by atoms with Gasteiger partial charge in [-0.2, -0.15) is 5.10 Å². The second-order valence-corrected chi connectivity index (χ2v) is 11.2. The Bertz CT molecular complexity index is 1250. The maximum Gasteiger partial charge on any atom is 0.410 e. The molecule has 5 rings (SSSR count). The number of carbonyl (C=O) groups is 1. The molecule has 2 fully saturated rings. The molecule has 3 N–H and O–H groups in total. The summed E-state index contributed by atoms with van der Waals surface area (Å²) < 4.78 is 5.65. The van der Waals surface area contributed by atoms with E-state index in [9.17, 15) is 4.79 Å². The Morgan fingerprint density at radius 2 is 2.14 bits per heavy atom. The number of amides is 1. The monoisotopic (exact) mass is 491 g/mol. The third kappa shape index (κ3) is 4.35. The number of aryl methyl sites for hydroxylation is 1. The van der Waals surface area contributed by atoms with Gasteiger partial charge in [-0.25, -0.2) is 9.78 Å². The summed E-state index contributed by atoms with van der Waals surface area (Å²) in [6.07, 6.45) is 6.13. The van der Waals surface area contributed by atoms with Crippen LogP contribution in [0.15, 0.2) is 30.5 Å². The van der Waals surface area contributed by atoms with E-state index in [-0.39, 0.29) is 29.1 Å². The first-order chi connectivity index (χ1) is 17.2. The summed E-state index contributed by atoms with van der Waals surface area (Å²) in [5.41, 5.74) is 1.47. The number of hydrogen-bond donors (Lipinski definition) is 3. The Balaban J connectivity index is 1.45. The molecule has 0 radical (unpaired) electrons. The first-order valence-corrected chi connectivity index (χ1v) is 13.0. The van der Waals surface area contributed by atoms with E-state index >= 15 is 0 Å². The summed E-state index contributed by atoms with van der Waals surface area (Å²) in [7, 11) is 0. The number of aromatic nitrogens is 4. The number of H-pyrrole nitrogens is 1. The molecule has 0 aromatic carbocycles. The van der Waals surface area contributed by atoms with E-state index in [1.807, 2.05) is 38.1 Å². The van der Waals surface area contributed by atoms with Crippen LogP contribution in [0.25, 0.3) is 10.9 Å². The Morgan fingerprint density at radius 3 is 2.86 bits per heavy atom. The third-order valence-electron chi connectivity index (χ3n) is 7.78. The van der Waals surface area contributed by atoms with Crippen LogP contribution in [0, 0.1) is 12.3 Å². The third-order valence-corrected chi connectivity index (χ3v) is 7.78. The molecule has 2 bridgehead atoms. The minimum atomic E-state index is -0.269. The zero-order valence-corrected chi connectivity index (χ0v) is 21.9. The van der Waals surface area contributed by atoms with Crippen LogP contribution in [0.5, 0.6) is 0 Å². The number of aromatic amines is 1. The van der Waals surface area contributed by atoms with E-state index in [1.54, 1.807) is 6.20 Å². The summed E-state index contributed by atoms with van der Waals surface area (Å²) in [6.45, 7) is 11.2. The highest BCUT2D eigenvalue weighted by atomic mass is 16.6. The lowest BCUT2D eigenvalue weighted by Crippen LogP contribution is -2.63. The number of nitrogens with zero attached hydrogens (tertiary/aromatic N) is 4. The second-order valence-electron chi connectivity index (χ2n) is 11.2. The van der Waals surface area contributed by atoms with E-state index in [2.05, 4.69) is 51.5 Å². The Kier molecular flexibility index (Phi) is 6.26. The Hall–Kier alpha value is -3.36. The van der Waals surface area contributed by atoms with Crippen LogP contribution in [0.2, 0.25) is 0 Å². The van der Waals surface area contributed by atoms with E-state index in [0.717, 1.165) is 54.5 Å². The molecule has 0 spiro atoms. The van der Waals surface area contributed by atoms with Crippen molar-refractivity contribution in [1.82, 2.24) is 25.1 Å². The molecule has 1 amide bonds. The number of pyridine rings is 2. The highest BCUT2D eigenvalue weighted by molar-refractivity contribution is 5.91. The fraction of sp³-hybridized carbons (Fsp3) is 0.556. The number of anilines is 3. The van der Waals surface area contributed by atoms with Gasteiger partial charge >= 0.3 is 6.09 Å². The first kappa shape index (κ1) is 24.3. The molecule has 0 aliphatic carbocycles. The Morgan fingerprint density at radius 1 is 1.31 bits per heavy atom. The van der Waals surface area contributed by atoms with E-state index in [4.69, 9.17) is 9.72 Å². The number of nitrogens with one attached hydrogen (secondary N) is 3. The van der Waals surface area contributed by atoms with Gasteiger partial charge in [0.2, 0.25) is 0 Å². The predicted octanol–water partition coefficient (Wildman–Crippen LogP) is 5.78. The van der Waals surface area contributed by atoms with Crippen molar-refractivity contribution in [1.29, 1.82) is 0 Å². The van der Waals surface area contributed by atoms with Crippen molar-refractivity contribution in [3.8, 4) is 0 Å². The normalized spacial score (nSPS) is 23.6. The zero-order chi connectivity index (χ0) is 25.5. The highest BCUT2D eigenvalue weighted by Gasteiger charge is 2.59. The molecule has 3 atom stereocenters. The molecule has 0 saturated carbocycles. The van der Waals surface area contributed by atoms with Gasteiger partial charge in [-0.3, -0.25) is 15.0 Å². The van der Waals surface area contributed by atoms with Crippen molar-refractivity contribution in [2.75, 3.05) is 17.2 Å². The molecule has 192 valence electrons. The van der Waals surface area contributed by atoms with E-state index in [0.29, 0.717) is 18.2 Å². The standard InChI is InChI=1S/C27H37N7O2/c1-6-12-36-25(35)34-19-9-10-27(34,26(3,4)5)16-18(14-19)29-24-20-8-7-11-28-21(20)15-22(31-24)30-23-13-17(2)32-33-23/h7-8,11,13,15,18-19H,6,9-10,12,14,16H2,1-5H3,(H3,29,30,31,32,33)/t18-,19-,27+/m0/s1. The van der Waals surface area contributed by atoms with Crippen LogP contribution in [-0.4, -0.2) is 55.4 Å². The summed E-state index contributed by atoms with van der Waals surface area (Å²) >= 11 is 0. The number of fused-ring (bicyclic) bond motifs is 3. The summed E-state index contributed by atoms with van der Waals surface area (Å²) in [4.78, 5) is 24.8. The number of ether oxygens (including phenoxy) is 1. The van der Waals surface area contributed by atoms with E-state index < -0.39 is 0 Å². The smallest absolute Gasteiger partial charge is 0.410 e. The molecule has 3 aromatic rings. The predicted molar refractivity (Wildman–Crippen MR) is 141 cm³/mol. The van der Waals surface area contributed by atoms with Gasteiger partial charge in [0.25, 0.3) is 0 Å². The quantitative estimate of drug-likeness (QED) is 0.401. The van der Waals surface area contributed by atoms with Crippen LogP contribution in [-0.2, 0) is 4.74 Å². The van der Waals surface area contributed by atoms with Crippen molar-refractivity contribution in [2.45, 2.75) is 84.3 Å². The van der Waals surface area contributed by atoms with Gasteiger partial charge in [0.05, 0.1) is 17.7 Å². The molecule has 9 heteroatoms. The summed E-state index contributed by atoms with van der Waals surface area (Å²) in [6, 6.07) is 8.19. The van der Waals surface area contributed by atoms with Crippen molar-refractivity contribution in [2.24, 2.45) is 5.41 Å². The molecule has 2 aliphatic heterocycles. The maximum atomic E-state index is 13.2. The number of rotatable bonds is 6. The minimum absolute atomic E-state index is 0.0917. The topological polar surface area (TPSA) is 108 Å². The van der Waals surface area contributed by atoms with Crippen LogP contribution < -0.4 is 10.6 Å². The molecule has 2 saturated heterocycles. The second kappa shape index (κ2) is 9.26. The van der Waals surface area contributed by atoms with Crippen LogP contribution >= 0.6 is 0 Å². The van der Waals surface area contributed by atoms with Gasteiger partial charge in [-0.15, -0.1) is 0 Å². The van der Waals surface area contributed by atoms with Crippen molar-refractivity contribution in [3.05, 3.63) is 36.2 Å². The summed E-state index contributed by atoms with van der Waals surface area (Å²) in [5.74, 6) is 2.19. The summed E-state index contributed by atoms with van der Waals surface area (Å²) in [5, 5.41) is 15.3. The average molecular weight is 492 g/mol. The molecular weight excluding hydrogens is 454 g/mol. The molecule has 36 heavy (non-hydrogen) atoms. The van der Waals surface area contributed by atoms with Crippen LogP contribution in [0.4, 0.5) is 22.2 Å². The number of carbonyl (C=O) groups excluding carboxylic acids is 1. The SMILES string of the molecule is CCCOC(=O)N1[C@H]2CC[C@]1(C(C)(C)C)C[C@@H](Nc1nc(Nc3cc(C)[nH]n3)cc3ncccc13)C2. The zero-order valence-electron chi connectivity index (χ0n) is 21.9. The highest BCUT2D eigenvalue weighted by Crippen LogP contribution is 2.54. The van der Waals surface area contributed by atoms with Crippen molar-refractivity contribution in [3.63, 3.8) is 0 Å². The molecule has 3 aromatic heterocycles. The maximum absolute atomic E-state index is 13.2. The van der Waals surface area contributed by atoms with Crippen molar-refractivity contribution >= 4 is 34.4 Å². The lowest BCUT2D eigenvalue weighted by atomic mass is 9.67. The van der Waals surface area contributed by atoms with Gasteiger partial charge in [-0.05, 0) is 56.6 Å². The van der Waals surface area contributed by atoms with E-state index in [1.165, 1.54) is 0 Å². The number of hydrogen-bond acceptors (Lipinski definition) is 7. The van der Waals surface area contributed by atoms with Crippen LogP contribution in [0.1, 0.15) is 65.5 Å². The minimum Gasteiger partial charge on any atom is -0.449 e. The van der Waals surface area contributed by atoms with Gasteiger partial charge < -0.3 is 15.4 Å². The van der Waals surface area contributed by atoms with Gasteiger partial charge in [-0.1, -0.05) is 27.7 Å². The largest absolute Gasteiger partial charge is 0.449 e. The van der Waals surface area contributed by atoms with Gasteiger partial charge in [0.1, 0.15) is 11.6 Å². The molecule has 9 nitrogen and oxygen atoms in total. The lowest BCUT2D eigenvalue weighted by molar-refractivity contribution is -0.0280. The molecule has 2 aliphatic rings. The molecule has 5 heterocycles.